The lowest BCUT2D eigenvalue weighted by atomic mass is 9.96. The van der Waals surface area contributed by atoms with E-state index in [1.807, 2.05) is 30.3 Å². The van der Waals surface area contributed by atoms with Crippen molar-refractivity contribution in [3.8, 4) is 11.1 Å². The first-order valence-corrected chi connectivity index (χ1v) is 9.36. The molecule has 1 aliphatic rings. The maximum Gasteiger partial charge on any atom is 0.418 e. The van der Waals surface area contributed by atoms with Crippen LogP contribution in [0.25, 0.3) is 11.1 Å². The molecular formula is C20H20BrF3O. The van der Waals surface area contributed by atoms with Crippen LogP contribution in [-0.2, 0) is 4.74 Å². The number of hydrogen-bond donors (Lipinski definition) is 0. The summed E-state index contributed by atoms with van der Waals surface area (Å²) in [7, 11) is 0. The van der Waals surface area contributed by atoms with Crippen LogP contribution in [0.5, 0.6) is 0 Å². The summed E-state index contributed by atoms with van der Waals surface area (Å²) in [5.41, 5.74) is 2.03. The van der Waals surface area contributed by atoms with Crippen LogP contribution in [0.15, 0.2) is 54.6 Å². The van der Waals surface area contributed by atoms with Crippen LogP contribution in [-0.4, -0.2) is 17.1 Å². The molecule has 1 aliphatic carbocycles. The van der Waals surface area contributed by atoms with E-state index in [4.69, 9.17) is 4.74 Å². The van der Waals surface area contributed by atoms with Crippen molar-refractivity contribution in [1.29, 1.82) is 0 Å². The molecule has 1 nitrogen and oxygen atoms in total. The Morgan fingerprint density at radius 2 is 1.40 bits per heavy atom. The fourth-order valence-corrected chi connectivity index (χ4v) is 3.71. The van der Waals surface area contributed by atoms with E-state index in [0.717, 1.165) is 24.0 Å². The fourth-order valence-electron chi connectivity index (χ4n) is 3.18. The summed E-state index contributed by atoms with van der Waals surface area (Å²) < 4.78 is 46.1. The number of rotatable bonds is 4. The molecule has 1 atom stereocenters. The molecule has 0 amide bonds. The largest absolute Gasteiger partial charge is 0.418 e. The van der Waals surface area contributed by atoms with Gasteiger partial charge in [0.1, 0.15) is 0 Å². The molecule has 0 aromatic heterocycles. The summed E-state index contributed by atoms with van der Waals surface area (Å²) in [6.07, 6.45) is -3.61. The molecule has 25 heavy (non-hydrogen) atoms. The average Bonchev–Trinajstić information content (AvgIpc) is 2.61. The van der Waals surface area contributed by atoms with Crippen molar-refractivity contribution in [2.45, 2.75) is 48.9 Å². The monoisotopic (exact) mass is 412 g/mol. The van der Waals surface area contributed by atoms with Crippen molar-refractivity contribution in [2.24, 2.45) is 0 Å². The third kappa shape index (κ3) is 4.85. The minimum Gasteiger partial charge on any atom is -0.361 e. The van der Waals surface area contributed by atoms with Gasteiger partial charge in [0, 0.05) is 4.83 Å². The van der Waals surface area contributed by atoms with Gasteiger partial charge in [-0.3, -0.25) is 0 Å². The minimum atomic E-state index is -4.42. The van der Waals surface area contributed by atoms with Gasteiger partial charge < -0.3 is 4.74 Å². The van der Waals surface area contributed by atoms with Crippen LogP contribution >= 0.6 is 15.9 Å². The maximum atomic E-state index is 13.5. The van der Waals surface area contributed by atoms with Crippen LogP contribution in [0.4, 0.5) is 13.2 Å². The number of hydrogen-bond acceptors (Lipinski definition) is 1. The van der Waals surface area contributed by atoms with E-state index < -0.39 is 12.3 Å². The van der Waals surface area contributed by atoms with Crippen molar-refractivity contribution in [3.05, 3.63) is 60.2 Å². The van der Waals surface area contributed by atoms with Crippen LogP contribution in [0.2, 0.25) is 0 Å². The molecule has 0 radical (unpaired) electrons. The number of halogens is 4. The summed E-state index contributed by atoms with van der Waals surface area (Å²) in [6.45, 7) is 0. The van der Waals surface area contributed by atoms with E-state index in [2.05, 4.69) is 15.9 Å². The minimum absolute atomic E-state index is 0.160. The highest BCUT2D eigenvalue weighted by atomic mass is 79.9. The first-order chi connectivity index (χ1) is 11.9. The average molecular weight is 413 g/mol. The van der Waals surface area contributed by atoms with Crippen LogP contribution in [0.1, 0.15) is 37.4 Å². The molecular weight excluding hydrogens is 393 g/mol. The van der Waals surface area contributed by atoms with E-state index in [9.17, 15) is 13.2 Å². The Morgan fingerprint density at radius 3 is 1.96 bits per heavy atom. The summed E-state index contributed by atoms with van der Waals surface area (Å²) >= 11 is 3.52. The van der Waals surface area contributed by atoms with Gasteiger partial charge >= 0.3 is 6.18 Å². The molecule has 134 valence electrons. The molecule has 0 N–H and O–H groups in total. The Morgan fingerprint density at radius 1 is 0.840 bits per heavy atom. The summed E-state index contributed by atoms with van der Waals surface area (Å²) in [4.78, 5) is 0.391. The van der Waals surface area contributed by atoms with E-state index in [0.29, 0.717) is 17.7 Å². The summed E-state index contributed by atoms with van der Waals surface area (Å²) in [5, 5.41) is 0. The third-order valence-electron chi connectivity index (χ3n) is 4.55. The molecule has 1 unspecified atom stereocenters. The van der Waals surface area contributed by atoms with Crippen LogP contribution in [0, 0.1) is 0 Å². The first kappa shape index (κ1) is 18.5. The quantitative estimate of drug-likeness (QED) is 0.508. The first-order valence-electron chi connectivity index (χ1n) is 8.45. The highest BCUT2D eigenvalue weighted by Crippen LogP contribution is 2.39. The molecule has 1 fully saturated rings. The van der Waals surface area contributed by atoms with Crippen molar-refractivity contribution in [2.75, 3.05) is 0 Å². The fraction of sp³-hybridized carbons (Fsp3) is 0.400. The molecule has 2 aromatic rings. The third-order valence-corrected chi connectivity index (χ3v) is 5.47. The second-order valence-electron chi connectivity index (χ2n) is 6.42. The Kier molecular flexibility index (Phi) is 5.85. The van der Waals surface area contributed by atoms with Gasteiger partial charge in [0.2, 0.25) is 0 Å². The lowest BCUT2D eigenvalue weighted by molar-refractivity contribution is -0.239. The SMILES string of the molecule is FC(F)(F)C(OC1CCC(Br)CC1)c1ccc(-c2ccccc2)cc1. The second-order valence-corrected chi connectivity index (χ2v) is 7.71. The molecule has 5 heteroatoms. The number of alkyl halides is 4. The molecule has 3 rings (SSSR count). The second kappa shape index (κ2) is 7.92. The zero-order valence-corrected chi connectivity index (χ0v) is 15.3. The van der Waals surface area contributed by atoms with E-state index >= 15 is 0 Å². The van der Waals surface area contributed by atoms with E-state index in [1.54, 1.807) is 12.1 Å². The Labute approximate surface area is 154 Å². The summed E-state index contributed by atoms with van der Waals surface area (Å²) in [6, 6.07) is 16.1. The summed E-state index contributed by atoms with van der Waals surface area (Å²) in [5.74, 6) is 0. The normalized spacial score (nSPS) is 22.6. The standard InChI is InChI=1S/C20H20BrF3O/c21-17-10-12-18(13-11-17)25-19(20(22,23)24)16-8-6-15(7-9-16)14-4-2-1-3-5-14/h1-9,17-19H,10-13H2. The van der Waals surface area contributed by atoms with Crippen LogP contribution in [0.3, 0.4) is 0 Å². The van der Waals surface area contributed by atoms with Gasteiger partial charge in [0.25, 0.3) is 0 Å². The van der Waals surface area contributed by atoms with Gasteiger partial charge in [-0.15, -0.1) is 0 Å². The number of benzene rings is 2. The lowest BCUT2D eigenvalue weighted by Crippen LogP contribution is -2.30. The highest BCUT2D eigenvalue weighted by Gasteiger charge is 2.43. The number of ether oxygens (including phenoxy) is 1. The highest BCUT2D eigenvalue weighted by molar-refractivity contribution is 9.09. The zero-order chi connectivity index (χ0) is 17.9. The predicted molar refractivity (Wildman–Crippen MR) is 96.7 cm³/mol. The van der Waals surface area contributed by atoms with Crippen molar-refractivity contribution in [1.82, 2.24) is 0 Å². The molecule has 1 saturated carbocycles. The van der Waals surface area contributed by atoms with Crippen molar-refractivity contribution >= 4 is 15.9 Å². The molecule has 0 aliphatic heterocycles. The van der Waals surface area contributed by atoms with Gasteiger partial charge in [-0.05, 0) is 42.4 Å². The van der Waals surface area contributed by atoms with Crippen molar-refractivity contribution < 1.29 is 17.9 Å². The molecule has 0 saturated heterocycles. The Bertz CT molecular complexity index is 662. The predicted octanol–water partition coefficient (Wildman–Crippen LogP) is 6.68. The Hall–Kier alpha value is -1.33. The topological polar surface area (TPSA) is 9.23 Å². The van der Waals surface area contributed by atoms with Crippen molar-refractivity contribution in [3.63, 3.8) is 0 Å². The van der Waals surface area contributed by atoms with Gasteiger partial charge in [-0.1, -0.05) is 70.5 Å². The molecule has 0 bridgehead atoms. The zero-order valence-electron chi connectivity index (χ0n) is 13.7. The molecule has 0 spiro atoms. The van der Waals surface area contributed by atoms with E-state index in [1.165, 1.54) is 12.1 Å². The lowest BCUT2D eigenvalue weighted by Gasteiger charge is -2.30. The van der Waals surface area contributed by atoms with Crippen LogP contribution < -0.4 is 0 Å². The maximum absolute atomic E-state index is 13.5. The molecule has 2 aromatic carbocycles. The van der Waals surface area contributed by atoms with Gasteiger partial charge in [-0.2, -0.15) is 13.2 Å². The molecule has 0 heterocycles. The smallest absolute Gasteiger partial charge is 0.361 e. The van der Waals surface area contributed by atoms with Gasteiger partial charge in [0.05, 0.1) is 6.10 Å². The van der Waals surface area contributed by atoms with E-state index in [-0.39, 0.29) is 11.7 Å². The van der Waals surface area contributed by atoms with Gasteiger partial charge in [-0.25, -0.2) is 0 Å². The van der Waals surface area contributed by atoms with Gasteiger partial charge in [0.15, 0.2) is 6.10 Å². The Balaban J connectivity index is 1.77.